The predicted molar refractivity (Wildman–Crippen MR) is 134 cm³/mol. The zero-order valence-electron chi connectivity index (χ0n) is 19.5. The molecule has 4 rings (SSSR count). The van der Waals surface area contributed by atoms with E-state index in [1.807, 2.05) is 6.92 Å². The van der Waals surface area contributed by atoms with Gasteiger partial charge in [-0.25, -0.2) is 8.42 Å². The van der Waals surface area contributed by atoms with Gasteiger partial charge in [-0.1, -0.05) is 22.9 Å². The van der Waals surface area contributed by atoms with E-state index in [2.05, 4.69) is 20.9 Å². The van der Waals surface area contributed by atoms with Gasteiger partial charge in [0.2, 0.25) is 10.0 Å². The Morgan fingerprint density at radius 1 is 1.26 bits per heavy atom. The second-order valence-electron chi connectivity index (χ2n) is 8.93. The van der Waals surface area contributed by atoms with Crippen LogP contribution in [0.15, 0.2) is 27.5 Å². The van der Waals surface area contributed by atoms with Crippen LogP contribution in [0.1, 0.15) is 59.3 Å². The molecule has 1 unspecified atom stereocenters. The quantitative estimate of drug-likeness (QED) is 0.525. The van der Waals surface area contributed by atoms with Crippen LogP contribution in [0.5, 0.6) is 5.75 Å². The zero-order chi connectivity index (χ0) is 24.6. The molecule has 2 aromatic rings. The number of nitrogens with one attached hydrogen (secondary N) is 1. The normalized spacial score (nSPS) is 18.7. The summed E-state index contributed by atoms with van der Waals surface area (Å²) in [6, 6.07) is 5.26. The van der Waals surface area contributed by atoms with E-state index in [0.717, 1.165) is 5.56 Å². The number of pyridine rings is 1. The van der Waals surface area contributed by atoms with Crippen LogP contribution in [0.25, 0.3) is 0 Å². The van der Waals surface area contributed by atoms with Gasteiger partial charge in [0.05, 0.1) is 23.6 Å². The fraction of sp³-hybridized carbons (Fsp3) is 0.500. The average molecular weight is 553 g/mol. The molecule has 8 nitrogen and oxygen atoms in total. The highest BCUT2D eigenvalue weighted by Gasteiger charge is 2.41. The number of fused-ring (bicyclic) bond motifs is 1. The molecule has 0 amide bonds. The Morgan fingerprint density at radius 3 is 2.65 bits per heavy atom. The first-order chi connectivity index (χ1) is 16.1. The van der Waals surface area contributed by atoms with Gasteiger partial charge in [0.15, 0.2) is 5.78 Å². The number of aryl methyl sites for hydroxylation is 1. The van der Waals surface area contributed by atoms with Crippen molar-refractivity contribution in [2.75, 3.05) is 31.2 Å². The first-order valence-corrected chi connectivity index (χ1v) is 13.7. The Hall–Kier alpha value is -2.17. The number of methoxy groups -OCH3 is 1. The van der Waals surface area contributed by atoms with Crippen molar-refractivity contribution in [3.05, 3.63) is 55.4 Å². The minimum atomic E-state index is -3.58. The SMILES string of the molecule is COc1cc(C)[nH]c(=O)c1CCC(=O)c1cc(Br)cc2c1C(C)CN2S(=O)(=O)C1CCOCC1. The molecule has 184 valence electrons. The van der Waals surface area contributed by atoms with Crippen molar-refractivity contribution in [2.24, 2.45) is 0 Å². The summed E-state index contributed by atoms with van der Waals surface area (Å²) in [5, 5.41) is -0.488. The first kappa shape index (κ1) is 24.9. The van der Waals surface area contributed by atoms with Crippen LogP contribution in [0.3, 0.4) is 0 Å². The summed E-state index contributed by atoms with van der Waals surface area (Å²) in [5.41, 5.74) is 2.62. The number of aromatic nitrogens is 1. The Labute approximate surface area is 207 Å². The first-order valence-electron chi connectivity index (χ1n) is 11.4. The third-order valence-electron chi connectivity index (χ3n) is 6.57. The molecule has 0 radical (unpaired) electrons. The van der Waals surface area contributed by atoms with Gasteiger partial charge in [-0.3, -0.25) is 13.9 Å². The summed E-state index contributed by atoms with van der Waals surface area (Å²) in [6.45, 7) is 4.88. The highest BCUT2D eigenvalue weighted by atomic mass is 79.9. The molecule has 1 fully saturated rings. The van der Waals surface area contributed by atoms with Gasteiger partial charge in [0.1, 0.15) is 5.75 Å². The molecule has 2 aliphatic heterocycles. The van der Waals surface area contributed by atoms with Gasteiger partial charge in [0.25, 0.3) is 5.56 Å². The van der Waals surface area contributed by atoms with Gasteiger partial charge in [0, 0.05) is 47.8 Å². The lowest BCUT2D eigenvalue weighted by Gasteiger charge is -2.29. The predicted octanol–water partition coefficient (Wildman–Crippen LogP) is 3.70. The van der Waals surface area contributed by atoms with Crippen molar-refractivity contribution in [3.63, 3.8) is 0 Å². The van der Waals surface area contributed by atoms with E-state index in [-0.39, 0.29) is 30.1 Å². The van der Waals surface area contributed by atoms with Crippen LogP contribution in [0.4, 0.5) is 5.69 Å². The molecule has 1 aromatic heterocycles. The molecule has 0 saturated carbocycles. The van der Waals surface area contributed by atoms with Crippen LogP contribution in [-0.2, 0) is 21.2 Å². The lowest BCUT2D eigenvalue weighted by atomic mass is 9.92. The lowest BCUT2D eigenvalue weighted by Crippen LogP contribution is -2.40. The minimum Gasteiger partial charge on any atom is -0.496 e. The number of anilines is 1. The van der Waals surface area contributed by atoms with Crippen molar-refractivity contribution in [3.8, 4) is 5.75 Å². The maximum atomic E-state index is 13.5. The maximum Gasteiger partial charge on any atom is 0.255 e. The molecule has 0 spiro atoms. The molecule has 1 N–H and O–H groups in total. The standard InChI is InChI=1S/C24H29BrN2O6S/c1-14-13-27(34(30,31)17-6-8-33-9-7-17)20-12-16(25)11-19(23(14)20)21(28)5-4-18-22(32-3)10-15(2)26-24(18)29/h10-12,14,17H,4-9,13H2,1-3H3,(H,26,29). The monoisotopic (exact) mass is 552 g/mol. The Morgan fingerprint density at radius 2 is 1.97 bits per heavy atom. The average Bonchev–Trinajstić information content (AvgIpc) is 3.14. The summed E-state index contributed by atoms with van der Waals surface area (Å²) in [6.07, 6.45) is 1.26. The third-order valence-corrected chi connectivity index (χ3v) is 9.30. The number of hydrogen-bond acceptors (Lipinski definition) is 6. The molecule has 2 aliphatic rings. The van der Waals surface area contributed by atoms with Crippen molar-refractivity contribution in [1.82, 2.24) is 4.98 Å². The van der Waals surface area contributed by atoms with Crippen molar-refractivity contribution in [2.45, 2.75) is 50.7 Å². The highest BCUT2D eigenvalue weighted by Crippen LogP contribution is 2.43. The van der Waals surface area contributed by atoms with Crippen LogP contribution in [0, 0.1) is 6.92 Å². The van der Waals surface area contributed by atoms with E-state index >= 15 is 0 Å². The maximum absolute atomic E-state index is 13.5. The Bertz CT molecular complexity index is 1270. The van der Waals surface area contributed by atoms with Crippen molar-refractivity contribution >= 4 is 37.4 Å². The summed E-state index contributed by atoms with van der Waals surface area (Å²) in [5.74, 6) is 0.182. The number of rotatable bonds is 7. The van der Waals surface area contributed by atoms with Crippen LogP contribution in [-0.4, -0.2) is 51.3 Å². The number of halogens is 1. The van der Waals surface area contributed by atoms with Gasteiger partial charge in [-0.15, -0.1) is 0 Å². The van der Waals surface area contributed by atoms with Crippen LogP contribution >= 0.6 is 15.9 Å². The largest absolute Gasteiger partial charge is 0.496 e. The number of nitrogens with zero attached hydrogens (tertiary/aromatic N) is 1. The molecule has 1 aromatic carbocycles. The second kappa shape index (κ2) is 9.83. The van der Waals surface area contributed by atoms with Crippen LogP contribution in [0.2, 0.25) is 0 Å². The van der Waals surface area contributed by atoms with E-state index in [4.69, 9.17) is 9.47 Å². The number of Topliss-reactive ketones (excluding diaryl/α,β-unsaturated/α-hetero) is 1. The Balaban J connectivity index is 1.65. The van der Waals surface area contributed by atoms with Crippen molar-refractivity contribution in [1.29, 1.82) is 0 Å². The molecule has 1 saturated heterocycles. The van der Waals surface area contributed by atoms with E-state index < -0.39 is 15.3 Å². The molecule has 0 aliphatic carbocycles. The van der Waals surface area contributed by atoms with Gasteiger partial charge in [-0.05, 0) is 49.9 Å². The van der Waals surface area contributed by atoms with E-state index in [9.17, 15) is 18.0 Å². The van der Waals surface area contributed by atoms with Crippen molar-refractivity contribution < 1.29 is 22.7 Å². The summed E-state index contributed by atoms with van der Waals surface area (Å²) in [7, 11) is -2.09. The molecule has 10 heteroatoms. The zero-order valence-corrected chi connectivity index (χ0v) is 21.9. The van der Waals surface area contributed by atoms with Crippen LogP contribution < -0.4 is 14.6 Å². The summed E-state index contributed by atoms with van der Waals surface area (Å²) >= 11 is 3.46. The molecule has 34 heavy (non-hydrogen) atoms. The number of sulfonamides is 1. The fourth-order valence-electron chi connectivity index (χ4n) is 4.87. The molecule has 0 bridgehead atoms. The number of aromatic amines is 1. The number of benzene rings is 1. The highest BCUT2D eigenvalue weighted by molar-refractivity contribution is 9.10. The number of ketones is 1. The lowest BCUT2D eigenvalue weighted by molar-refractivity contribution is 0.0980. The molecular weight excluding hydrogens is 524 g/mol. The number of H-pyrrole nitrogens is 1. The van der Waals surface area contributed by atoms with Gasteiger partial charge >= 0.3 is 0 Å². The number of carbonyl (C=O) groups is 1. The number of ether oxygens (including phenoxy) is 2. The summed E-state index contributed by atoms with van der Waals surface area (Å²) < 4.78 is 39.7. The van der Waals surface area contributed by atoms with Gasteiger partial charge < -0.3 is 14.5 Å². The fourth-order valence-corrected chi connectivity index (χ4v) is 7.32. The summed E-state index contributed by atoms with van der Waals surface area (Å²) in [4.78, 5) is 28.5. The minimum absolute atomic E-state index is 0.102. The van der Waals surface area contributed by atoms with E-state index in [0.29, 0.717) is 65.3 Å². The van der Waals surface area contributed by atoms with E-state index in [1.165, 1.54) is 11.4 Å². The Kier molecular flexibility index (Phi) is 7.21. The van der Waals surface area contributed by atoms with Gasteiger partial charge in [-0.2, -0.15) is 0 Å². The second-order valence-corrected chi connectivity index (χ2v) is 12.0. The number of hydrogen-bond donors (Lipinski definition) is 1. The molecule has 3 heterocycles. The topological polar surface area (TPSA) is 106 Å². The third kappa shape index (κ3) is 4.67. The molecule has 1 atom stereocenters. The number of carbonyl (C=O) groups excluding carboxylic acids is 1. The smallest absolute Gasteiger partial charge is 0.255 e. The van der Waals surface area contributed by atoms with E-state index in [1.54, 1.807) is 25.1 Å². The molecular formula is C24H29BrN2O6S.